The Morgan fingerprint density at radius 2 is 1.25 bits per heavy atom. The minimum Gasteiger partial charge on any atom is 0 e. The number of hydrogen-bond acceptors (Lipinski definition) is 0. The van der Waals surface area contributed by atoms with Gasteiger partial charge in [0.05, 0.1) is 0 Å². The molecular weight excluding hydrogens is 272 g/mol. The van der Waals surface area contributed by atoms with Gasteiger partial charge in [-0.15, -0.1) is 0 Å². The standard InChI is InChI=1S/CH3.Fe.La.Zn/h1H3;;;. The Kier molecular flexibility index (Phi) is 74.5. The van der Waals surface area contributed by atoms with Crippen molar-refractivity contribution in [2.75, 3.05) is 0 Å². The quantitative estimate of drug-likeness (QED) is 0.567. The van der Waals surface area contributed by atoms with Crippen LogP contribution >= 0.6 is 0 Å². The zero-order chi connectivity index (χ0) is 2.00. The van der Waals surface area contributed by atoms with E-state index in [9.17, 15) is 0 Å². The van der Waals surface area contributed by atoms with Gasteiger partial charge in [-0.25, -0.2) is 0 Å². The van der Waals surface area contributed by atoms with E-state index in [1.54, 1.807) is 0 Å². The molecule has 0 aliphatic rings. The van der Waals surface area contributed by atoms with Gasteiger partial charge in [-0.1, -0.05) is 0 Å². The van der Waals surface area contributed by atoms with E-state index in [0.717, 1.165) is 0 Å². The van der Waals surface area contributed by atoms with Gasteiger partial charge in [-0.05, 0) is 0 Å². The molecule has 0 radical (unpaired) electrons. The molecule has 0 N–H and O–H groups in total. The smallest absolute Gasteiger partial charge is 0 e. The van der Waals surface area contributed by atoms with Crippen LogP contribution in [0.3, 0.4) is 0 Å². The van der Waals surface area contributed by atoms with E-state index in [1.807, 2.05) is 0 Å². The van der Waals surface area contributed by atoms with Gasteiger partial charge in [-0.3, -0.25) is 0 Å². The molecule has 0 rings (SSSR count). The summed E-state index contributed by atoms with van der Waals surface area (Å²) < 4.78 is 2.17. The summed E-state index contributed by atoms with van der Waals surface area (Å²) in [5.74, 6) is 0. The fraction of sp³-hybridized carbons (Fsp3) is 1.00. The molecule has 0 spiro atoms. The molecule has 0 fully saturated rings. The van der Waals surface area contributed by atoms with Crippen LogP contribution in [0.2, 0.25) is 3.33 Å². The molecule has 0 aromatic carbocycles. The summed E-state index contributed by atoms with van der Waals surface area (Å²) in [5, 5.41) is 0. The Hall–Kier alpha value is 2.34. The normalized spacial score (nSPS) is 1.00. The molecule has 0 unspecified atom stereocenters. The number of hydrogen-bond donors (Lipinski definition) is 0. The second-order valence-corrected chi connectivity index (χ2v) is 0. The predicted octanol–water partition coefficient (Wildman–Crippen LogP) is 0.579. The summed E-state index contributed by atoms with van der Waals surface area (Å²) in [6.07, 6.45) is 0. The molecule has 0 aliphatic heterocycles. The van der Waals surface area contributed by atoms with Crippen molar-refractivity contribution in [3.8, 4) is 0 Å². The molecule has 0 aliphatic carbocycles. The predicted molar refractivity (Wildman–Crippen MR) is 5.86 cm³/mol. The van der Waals surface area contributed by atoms with Gasteiger partial charge in [0.15, 0.2) is 0 Å². The van der Waals surface area contributed by atoms with Crippen LogP contribution < -0.4 is 0 Å². The third kappa shape index (κ3) is 8.84. The zero-order valence-corrected chi connectivity index (χ0v) is 10.3. The Labute approximate surface area is 72.4 Å². The maximum Gasteiger partial charge on any atom is 0 e. The Morgan fingerprint density at radius 1 is 1.25 bits per heavy atom. The maximum atomic E-state index is 2.17. The van der Waals surface area contributed by atoms with Gasteiger partial charge in [0.25, 0.3) is 0 Å². The minimum atomic E-state index is 0. The SMILES string of the molecule is [CH3][La].[Fe].[Zn]. The van der Waals surface area contributed by atoms with Crippen LogP contribution in [0.15, 0.2) is 0 Å². The number of rotatable bonds is 0. The average molecular weight is 275 g/mol. The van der Waals surface area contributed by atoms with Crippen LogP contribution in [0.5, 0.6) is 0 Å². The molecule has 0 amide bonds. The molecule has 0 heterocycles. The van der Waals surface area contributed by atoms with Gasteiger partial charge < -0.3 is 0 Å². The first-order valence-electron chi connectivity index (χ1n) is 0.577. The molecule has 0 aromatic rings. The van der Waals surface area contributed by atoms with Crippen molar-refractivity contribution in [3.05, 3.63) is 0 Å². The van der Waals surface area contributed by atoms with Crippen LogP contribution in [0.4, 0.5) is 0 Å². The van der Waals surface area contributed by atoms with Crippen LogP contribution in [0, 0.1) is 33.7 Å². The van der Waals surface area contributed by atoms with Crippen molar-refractivity contribution in [2.45, 2.75) is 3.33 Å². The maximum absolute atomic E-state index is 2.17. The molecule has 0 nitrogen and oxygen atoms in total. The van der Waals surface area contributed by atoms with Crippen molar-refractivity contribution in [2.24, 2.45) is 0 Å². The zero-order valence-electron chi connectivity index (χ0n) is 2.64. The van der Waals surface area contributed by atoms with Gasteiger partial charge in [0.1, 0.15) is 0 Å². The van der Waals surface area contributed by atoms with E-state index in [4.69, 9.17) is 0 Å². The van der Waals surface area contributed by atoms with Crippen LogP contribution in [-0.4, -0.2) is 0 Å². The summed E-state index contributed by atoms with van der Waals surface area (Å²) >= 11 is 1.17. The van der Waals surface area contributed by atoms with Crippen molar-refractivity contribution in [1.29, 1.82) is 0 Å². The van der Waals surface area contributed by atoms with Crippen molar-refractivity contribution in [3.63, 3.8) is 0 Å². The summed E-state index contributed by atoms with van der Waals surface area (Å²) in [5.41, 5.74) is 0. The summed E-state index contributed by atoms with van der Waals surface area (Å²) in [6.45, 7) is 0. The summed E-state index contributed by atoms with van der Waals surface area (Å²) in [6, 6.07) is 0. The third-order valence-electron chi connectivity index (χ3n) is 0. The Bertz CT molecular complexity index is 8.00. The van der Waals surface area contributed by atoms with Crippen LogP contribution in [0.25, 0.3) is 0 Å². The Morgan fingerprint density at radius 3 is 1.25 bits per heavy atom. The topological polar surface area (TPSA) is 0 Å². The van der Waals surface area contributed by atoms with E-state index in [0.29, 0.717) is 0 Å². The van der Waals surface area contributed by atoms with E-state index in [1.165, 1.54) is 33.7 Å². The van der Waals surface area contributed by atoms with Crippen molar-refractivity contribution >= 4 is 0 Å². The molecule has 0 aromatic heterocycles. The Balaban J connectivity index is -0.00000000500. The average Bonchev–Trinajstić information content (AvgIpc) is 1.00. The first-order chi connectivity index (χ1) is 1.00. The fourth-order valence-electron chi connectivity index (χ4n) is 0. The molecule has 4 heavy (non-hydrogen) atoms. The van der Waals surface area contributed by atoms with E-state index < -0.39 is 0 Å². The molecule has 0 saturated heterocycles. The van der Waals surface area contributed by atoms with Crippen LogP contribution in [-0.2, 0) is 36.5 Å². The first-order valence-corrected chi connectivity index (χ1v) is 4.20. The van der Waals surface area contributed by atoms with Gasteiger partial charge in [0, 0.05) is 36.5 Å². The van der Waals surface area contributed by atoms with E-state index in [-0.39, 0.29) is 36.5 Å². The second-order valence-electron chi connectivity index (χ2n) is 0. The monoisotopic (exact) mass is 274 g/mol. The summed E-state index contributed by atoms with van der Waals surface area (Å²) in [7, 11) is 0. The minimum absolute atomic E-state index is 0. The third-order valence-corrected chi connectivity index (χ3v) is 0. The van der Waals surface area contributed by atoms with Crippen LogP contribution in [0.1, 0.15) is 0 Å². The van der Waals surface area contributed by atoms with E-state index >= 15 is 0 Å². The molecule has 3 heteroatoms. The fourth-order valence-corrected chi connectivity index (χ4v) is 0. The van der Waals surface area contributed by atoms with Gasteiger partial charge in [-0.2, -0.15) is 0 Å². The molecule has 0 atom stereocenters. The second kappa shape index (κ2) is 18.4. The summed E-state index contributed by atoms with van der Waals surface area (Å²) in [4.78, 5) is 0. The molecular formula is CH3FeLaZn. The largest absolute Gasteiger partial charge is 0 e. The van der Waals surface area contributed by atoms with Crippen molar-refractivity contribution in [1.82, 2.24) is 0 Å². The van der Waals surface area contributed by atoms with Crippen molar-refractivity contribution < 1.29 is 70.3 Å². The van der Waals surface area contributed by atoms with Gasteiger partial charge >= 0.3 is 37.1 Å². The van der Waals surface area contributed by atoms with Gasteiger partial charge in [0.2, 0.25) is 0 Å². The molecule has 20 valence electrons. The molecule has 0 bridgehead atoms. The first kappa shape index (κ1) is 16.2. The molecule has 0 saturated carbocycles. The van der Waals surface area contributed by atoms with E-state index in [2.05, 4.69) is 3.33 Å².